The van der Waals surface area contributed by atoms with E-state index in [1.165, 1.54) is 0 Å². The van der Waals surface area contributed by atoms with Gasteiger partial charge in [-0.2, -0.15) is 0 Å². The second-order valence-electron chi connectivity index (χ2n) is 6.87. The van der Waals surface area contributed by atoms with Crippen LogP contribution in [0.1, 0.15) is 38.2 Å². The molecule has 2 rings (SSSR count). The number of hydrazine groups is 1. The van der Waals surface area contributed by atoms with Crippen molar-refractivity contribution in [2.75, 3.05) is 6.54 Å². The highest BCUT2D eigenvalue weighted by Crippen LogP contribution is 2.22. The summed E-state index contributed by atoms with van der Waals surface area (Å²) in [5.41, 5.74) is 0.762. The maximum atomic E-state index is 13.0. The molecule has 1 aromatic carbocycles. The van der Waals surface area contributed by atoms with Crippen LogP contribution in [-0.4, -0.2) is 68.8 Å². The largest absolute Gasteiger partial charge is 0.480 e. The summed E-state index contributed by atoms with van der Waals surface area (Å²) in [4.78, 5) is 59.6. The molecule has 0 saturated carbocycles. The van der Waals surface area contributed by atoms with E-state index >= 15 is 0 Å². The van der Waals surface area contributed by atoms with Crippen LogP contribution in [0.3, 0.4) is 0 Å². The Morgan fingerprint density at radius 1 is 1.13 bits per heavy atom. The second-order valence-corrected chi connectivity index (χ2v) is 6.87. The average molecular weight is 436 g/mol. The van der Waals surface area contributed by atoms with Crippen LogP contribution >= 0.6 is 0 Å². The molecule has 0 aromatic heterocycles. The minimum atomic E-state index is -1.54. The molecule has 1 saturated heterocycles. The molecule has 2 atom stereocenters. The number of hydrogen-bond acceptors (Lipinski definition) is 7. The Morgan fingerprint density at radius 3 is 2.39 bits per heavy atom. The van der Waals surface area contributed by atoms with Crippen LogP contribution in [0.5, 0.6) is 0 Å². The smallest absolute Gasteiger partial charge is 0.426 e. The van der Waals surface area contributed by atoms with E-state index in [0.717, 1.165) is 12.5 Å². The predicted molar refractivity (Wildman–Crippen MR) is 103 cm³/mol. The van der Waals surface area contributed by atoms with Crippen LogP contribution in [0.15, 0.2) is 30.3 Å². The van der Waals surface area contributed by atoms with Crippen LogP contribution in [0.2, 0.25) is 0 Å². The highest BCUT2D eigenvalue weighted by molar-refractivity contribution is 5.89. The van der Waals surface area contributed by atoms with Gasteiger partial charge in [-0.25, -0.2) is 19.6 Å². The Bertz CT molecular complexity index is 805. The molecule has 1 aliphatic heterocycles. The summed E-state index contributed by atoms with van der Waals surface area (Å²) in [5, 5.41) is 20.0. The van der Waals surface area contributed by atoms with Crippen LogP contribution < -0.4 is 0 Å². The third-order valence-electron chi connectivity index (χ3n) is 4.57. The summed E-state index contributed by atoms with van der Waals surface area (Å²) in [6.45, 7) is 0.983. The number of nitrogens with zero attached hydrogens (tertiary/aromatic N) is 2. The van der Waals surface area contributed by atoms with Gasteiger partial charge < -0.3 is 19.7 Å². The SMILES string of the molecule is CC(=O)O[C@@H](CCC(=O)OCc1ccccc1)C(=O)N1[C@H](C(=O)O)CCCN1C(=O)O. The Balaban J connectivity index is 2.09. The number of carbonyl (C=O) groups excluding carboxylic acids is 3. The van der Waals surface area contributed by atoms with E-state index in [1.54, 1.807) is 24.3 Å². The number of ether oxygens (including phenoxy) is 2. The fourth-order valence-corrected chi connectivity index (χ4v) is 3.16. The van der Waals surface area contributed by atoms with E-state index < -0.39 is 42.1 Å². The minimum Gasteiger partial charge on any atom is -0.480 e. The first-order valence-corrected chi connectivity index (χ1v) is 9.63. The first kappa shape index (κ1) is 23.6. The molecule has 168 valence electrons. The predicted octanol–water partition coefficient (Wildman–Crippen LogP) is 1.41. The third kappa shape index (κ3) is 6.69. The first-order chi connectivity index (χ1) is 14.7. The van der Waals surface area contributed by atoms with Gasteiger partial charge in [0.05, 0.1) is 0 Å². The number of amides is 2. The summed E-state index contributed by atoms with van der Waals surface area (Å²) in [6, 6.07) is 7.48. The first-order valence-electron chi connectivity index (χ1n) is 9.63. The van der Waals surface area contributed by atoms with Crippen molar-refractivity contribution in [3.05, 3.63) is 35.9 Å². The van der Waals surface area contributed by atoms with Gasteiger partial charge in [0.1, 0.15) is 6.61 Å². The molecule has 0 bridgehead atoms. The zero-order valence-corrected chi connectivity index (χ0v) is 16.9. The van der Waals surface area contributed by atoms with Gasteiger partial charge in [-0.1, -0.05) is 30.3 Å². The van der Waals surface area contributed by atoms with E-state index in [1.807, 2.05) is 6.07 Å². The minimum absolute atomic E-state index is 0.0197. The number of esters is 2. The van der Waals surface area contributed by atoms with Crippen molar-refractivity contribution in [3.63, 3.8) is 0 Å². The molecule has 2 amide bonds. The molecule has 0 radical (unpaired) electrons. The Hall–Kier alpha value is -3.63. The molecule has 11 nitrogen and oxygen atoms in total. The lowest BCUT2D eigenvalue weighted by Gasteiger charge is -2.41. The van der Waals surface area contributed by atoms with E-state index in [4.69, 9.17) is 9.47 Å². The molecular formula is C20H24N2O9. The number of carbonyl (C=O) groups is 5. The summed E-state index contributed by atoms with van der Waals surface area (Å²) in [6.07, 6.45) is -3.35. The molecule has 0 spiro atoms. The van der Waals surface area contributed by atoms with Crippen LogP contribution in [0.4, 0.5) is 4.79 Å². The third-order valence-corrected chi connectivity index (χ3v) is 4.57. The summed E-state index contributed by atoms with van der Waals surface area (Å²) < 4.78 is 10.1. The lowest BCUT2D eigenvalue weighted by atomic mass is 10.1. The van der Waals surface area contributed by atoms with Crippen LogP contribution in [0.25, 0.3) is 0 Å². The summed E-state index contributed by atoms with van der Waals surface area (Å²) in [7, 11) is 0. The van der Waals surface area contributed by atoms with Crippen LogP contribution in [0, 0.1) is 0 Å². The van der Waals surface area contributed by atoms with Gasteiger partial charge in [-0.3, -0.25) is 14.4 Å². The number of carboxylic acids is 1. The monoisotopic (exact) mass is 436 g/mol. The Kier molecular flexibility index (Phi) is 8.35. The lowest BCUT2D eigenvalue weighted by Crippen LogP contribution is -2.62. The Labute approximate surface area is 178 Å². The number of benzene rings is 1. The Morgan fingerprint density at radius 2 is 1.81 bits per heavy atom. The molecular weight excluding hydrogens is 412 g/mol. The molecule has 31 heavy (non-hydrogen) atoms. The molecule has 1 fully saturated rings. The molecule has 1 aromatic rings. The van der Waals surface area contributed by atoms with E-state index in [-0.39, 0.29) is 38.8 Å². The van der Waals surface area contributed by atoms with Gasteiger partial charge in [0.25, 0.3) is 5.91 Å². The number of aliphatic carboxylic acids is 1. The van der Waals surface area contributed by atoms with Crippen molar-refractivity contribution in [1.29, 1.82) is 0 Å². The quantitative estimate of drug-likeness (QED) is 0.576. The van der Waals surface area contributed by atoms with Gasteiger partial charge in [0.15, 0.2) is 12.1 Å². The van der Waals surface area contributed by atoms with E-state index in [0.29, 0.717) is 10.0 Å². The van der Waals surface area contributed by atoms with Crippen molar-refractivity contribution >= 4 is 29.9 Å². The van der Waals surface area contributed by atoms with Crippen molar-refractivity contribution in [2.45, 2.75) is 51.4 Å². The van der Waals surface area contributed by atoms with Crippen molar-refractivity contribution in [3.8, 4) is 0 Å². The second kappa shape index (κ2) is 11.0. The summed E-state index contributed by atoms with van der Waals surface area (Å²) >= 11 is 0. The summed E-state index contributed by atoms with van der Waals surface area (Å²) in [5.74, 6) is -3.90. The molecule has 2 N–H and O–H groups in total. The van der Waals surface area contributed by atoms with Gasteiger partial charge in [0, 0.05) is 26.3 Å². The molecule has 1 aliphatic rings. The molecule has 11 heteroatoms. The number of carboxylic acid groups (broad SMARTS) is 2. The van der Waals surface area contributed by atoms with E-state index in [2.05, 4.69) is 0 Å². The highest BCUT2D eigenvalue weighted by Gasteiger charge is 2.43. The fourth-order valence-electron chi connectivity index (χ4n) is 3.16. The van der Waals surface area contributed by atoms with Gasteiger partial charge in [0.2, 0.25) is 0 Å². The lowest BCUT2D eigenvalue weighted by molar-refractivity contribution is -0.181. The highest BCUT2D eigenvalue weighted by atomic mass is 16.6. The average Bonchev–Trinajstić information content (AvgIpc) is 2.74. The maximum Gasteiger partial charge on any atom is 0.426 e. The van der Waals surface area contributed by atoms with Crippen LogP contribution in [-0.2, 0) is 35.3 Å². The molecule has 0 unspecified atom stereocenters. The van der Waals surface area contributed by atoms with Gasteiger partial charge in [-0.15, -0.1) is 0 Å². The fraction of sp³-hybridized carbons (Fsp3) is 0.450. The number of hydrogen-bond donors (Lipinski definition) is 2. The van der Waals surface area contributed by atoms with Crippen molar-refractivity contribution < 1.29 is 43.7 Å². The van der Waals surface area contributed by atoms with Crippen molar-refractivity contribution in [1.82, 2.24) is 10.0 Å². The molecule has 0 aliphatic carbocycles. The number of rotatable bonds is 8. The van der Waals surface area contributed by atoms with E-state index in [9.17, 15) is 34.2 Å². The standard InChI is InChI=1S/C20H24N2O9/c1-13(23)31-16(9-10-17(24)30-12-14-6-3-2-4-7-14)18(25)22-15(19(26)27)8-5-11-21(22)20(28)29/h2-4,6-7,15-16H,5,8-12H2,1H3,(H,26,27)(H,28,29)/t15-,16-/m0/s1. The normalized spacial score (nSPS) is 16.9. The topological polar surface area (TPSA) is 151 Å². The van der Waals surface area contributed by atoms with Gasteiger partial charge >= 0.3 is 24.0 Å². The zero-order chi connectivity index (χ0) is 23.0. The zero-order valence-electron chi connectivity index (χ0n) is 16.9. The maximum absolute atomic E-state index is 13.0. The molecule has 1 heterocycles. The van der Waals surface area contributed by atoms with Gasteiger partial charge in [-0.05, 0) is 18.4 Å². The van der Waals surface area contributed by atoms with Crippen molar-refractivity contribution in [2.24, 2.45) is 0 Å².